The van der Waals surface area contributed by atoms with Gasteiger partial charge in [-0.15, -0.1) is 24.8 Å². The molecule has 2 aromatic rings. The molecular weight excluding hydrogens is 378 g/mol. The normalized spacial score (nSPS) is 20.3. The second kappa shape index (κ2) is 8.11. The Bertz CT molecular complexity index is 789. The number of carbonyl (C=O) groups is 1. The smallest absolute Gasteiger partial charge is 0.223 e. The number of hydrogen-bond acceptors (Lipinski definition) is 3. The number of benzene rings is 1. The van der Waals surface area contributed by atoms with Crippen LogP contribution >= 0.6 is 24.8 Å². The Balaban J connectivity index is 0.00000121. The third kappa shape index (κ3) is 3.82. The summed E-state index contributed by atoms with van der Waals surface area (Å²) in [6.45, 7) is 2.63. The number of rotatable bonds is 4. The molecule has 1 saturated carbocycles. The van der Waals surface area contributed by atoms with Gasteiger partial charge in [-0.1, -0.05) is 0 Å². The van der Waals surface area contributed by atoms with Crippen LogP contribution in [-0.4, -0.2) is 35.1 Å². The minimum absolute atomic E-state index is 0. The lowest BCUT2D eigenvalue weighted by Crippen LogP contribution is -2.34. The number of amides is 1. The largest absolute Gasteiger partial charge is 0.355 e. The lowest BCUT2D eigenvalue weighted by atomic mass is 9.92. The number of nitrogens with one attached hydrogen (secondary N) is 2. The second-order valence-electron chi connectivity index (χ2n) is 7.13. The van der Waals surface area contributed by atoms with Gasteiger partial charge >= 0.3 is 0 Å². The highest BCUT2D eigenvalue weighted by molar-refractivity contribution is 5.85. The number of halogens is 3. The number of carbonyl (C=O) groups excluding carboxylic acids is 1. The Morgan fingerprint density at radius 2 is 2.12 bits per heavy atom. The Morgan fingerprint density at radius 3 is 2.85 bits per heavy atom. The summed E-state index contributed by atoms with van der Waals surface area (Å²) >= 11 is 0. The van der Waals surface area contributed by atoms with E-state index in [1.165, 1.54) is 12.1 Å². The second-order valence-corrected chi connectivity index (χ2v) is 7.13. The van der Waals surface area contributed by atoms with Gasteiger partial charge in [0, 0.05) is 25.9 Å². The van der Waals surface area contributed by atoms with E-state index in [4.69, 9.17) is 0 Å². The van der Waals surface area contributed by atoms with Gasteiger partial charge in [-0.3, -0.25) is 4.79 Å². The lowest BCUT2D eigenvalue weighted by molar-refractivity contribution is -0.123. The van der Waals surface area contributed by atoms with Crippen LogP contribution in [0.15, 0.2) is 18.2 Å². The van der Waals surface area contributed by atoms with Crippen LogP contribution in [0.2, 0.25) is 0 Å². The van der Waals surface area contributed by atoms with Crippen molar-refractivity contribution >= 4 is 41.8 Å². The van der Waals surface area contributed by atoms with Crippen molar-refractivity contribution in [2.75, 3.05) is 19.6 Å². The van der Waals surface area contributed by atoms with Gasteiger partial charge in [0.1, 0.15) is 11.6 Å². The number of aromatic nitrogens is 2. The first-order chi connectivity index (χ1) is 11.6. The van der Waals surface area contributed by atoms with Gasteiger partial charge in [0.15, 0.2) is 0 Å². The zero-order chi connectivity index (χ0) is 16.7. The summed E-state index contributed by atoms with van der Waals surface area (Å²) in [6.07, 6.45) is 3.91. The summed E-state index contributed by atoms with van der Waals surface area (Å²) in [5, 5.41) is 6.42. The first-order valence-corrected chi connectivity index (χ1v) is 8.68. The Labute approximate surface area is 164 Å². The average molecular weight is 403 g/mol. The SMILES string of the molecule is Cl.Cl.Cn1c(CCNC(=O)C2CC23CCNCC3)nc2ccc(F)cc21. The molecule has 2 heterocycles. The first kappa shape index (κ1) is 20.9. The van der Waals surface area contributed by atoms with Crippen LogP contribution in [0.1, 0.15) is 25.1 Å². The zero-order valence-electron chi connectivity index (χ0n) is 14.8. The third-order valence-corrected chi connectivity index (χ3v) is 5.69. The number of aryl methyl sites for hydroxylation is 1. The van der Waals surface area contributed by atoms with E-state index in [1.807, 2.05) is 11.6 Å². The minimum Gasteiger partial charge on any atom is -0.355 e. The minimum atomic E-state index is -0.258. The van der Waals surface area contributed by atoms with Gasteiger partial charge < -0.3 is 15.2 Å². The maximum atomic E-state index is 13.4. The molecule has 1 aliphatic carbocycles. The molecule has 4 rings (SSSR count). The van der Waals surface area contributed by atoms with E-state index >= 15 is 0 Å². The average Bonchev–Trinajstić information content (AvgIpc) is 3.18. The Kier molecular flexibility index (Phi) is 6.53. The molecule has 1 atom stereocenters. The maximum absolute atomic E-state index is 13.4. The topological polar surface area (TPSA) is 59.0 Å². The molecule has 5 nitrogen and oxygen atoms in total. The van der Waals surface area contributed by atoms with Crippen LogP contribution < -0.4 is 10.6 Å². The van der Waals surface area contributed by atoms with Crippen molar-refractivity contribution in [2.24, 2.45) is 18.4 Å². The quantitative estimate of drug-likeness (QED) is 0.825. The van der Waals surface area contributed by atoms with Crippen LogP contribution in [0.25, 0.3) is 11.0 Å². The highest BCUT2D eigenvalue weighted by Gasteiger charge is 2.57. The van der Waals surface area contributed by atoms with Crippen LogP contribution in [-0.2, 0) is 18.3 Å². The molecule has 2 N–H and O–H groups in total. The maximum Gasteiger partial charge on any atom is 0.223 e. The third-order valence-electron chi connectivity index (χ3n) is 5.69. The monoisotopic (exact) mass is 402 g/mol. The predicted octanol–water partition coefficient (Wildman–Crippen LogP) is 2.60. The molecule has 1 amide bonds. The molecule has 0 radical (unpaired) electrons. The summed E-state index contributed by atoms with van der Waals surface area (Å²) in [7, 11) is 1.89. The zero-order valence-corrected chi connectivity index (χ0v) is 16.4. The lowest BCUT2D eigenvalue weighted by Gasteiger charge is -2.23. The number of fused-ring (bicyclic) bond motifs is 1. The van der Waals surface area contributed by atoms with Crippen molar-refractivity contribution in [3.8, 4) is 0 Å². The molecule has 1 unspecified atom stereocenters. The van der Waals surface area contributed by atoms with Gasteiger partial charge in [0.05, 0.1) is 11.0 Å². The molecule has 144 valence electrons. The molecule has 2 aliphatic rings. The van der Waals surface area contributed by atoms with Crippen LogP contribution in [0.3, 0.4) is 0 Å². The molecule has 1 spiro atoms. The van der Waals surface area contributed by atoms with Crippen LogP contribution in [0.5, 0.6) is 0 Å². The molecule has 0 bridgehead atoms. The molecule has 26 heavy (non-hydrogen) atoms. The van der Waals surface area contributed by atoms with Crippen LogP contribution in [0.4, 0.5) is 4.39 Å². The number of piperidine rings is 1. The van der Waals surface area contributed by atoms with E-state index in [0.29, 0.717) is 13.0 Å². The van der Waals surface area contributed by atoms with Gasteiger partial charge in [-0.25, -0.2) is 9.37 Å². The highest BCUT2D eigenvalue weighted by atomic mass is 35.5. The Hall–Kier alpha value is -1.37. The van der Waals surface area contributed by atoms with Crippen LogP contribution in [0, 0.1) is 17.2 Å². The summed E-state index contributed by atoms with van der Waals surface area (Å²) in [4.78, 5) is 16.9. The Morgan fingerprint density at radius 1 is 1.38 bits per heavy atom. The van der Waals surface area contributed by atoms with Crippen molar-refractivity contribution in [3.05, 3.63) is 29.8 Å². The first-order valence-electron chi connectivity index (χ1n) is 8.68. The number of hydrogen-bond donors (Lipinski definition) is 2. The van der Waals surface area contributed by atoms with E-state index in [-0.39, 0.29) is 47.9 Å². The summed E-state index contributed by atoms with van der Waals surface area (Å²) in [6, 6.07) is 4.61. The molecule has 2 fully saturated rings. The van der Waals surface area contributed by atoms with Crippen molar-refractivity contribution in [2.45, 2.75) is 25.7 Å². The molecule has 1 saturated heterocycles. The van der Waals surface area contributed by atoms with E-state index in [1.54, 1.807) is 6.07 Å². The van der Waals surface area contributed by atoms with Crippen molar-refractivity contribution in [1.82, 2.24) is 20.2 Å². The highest BCUT2D eigenvalue weighted by Crippen LogP contribution is 2.58. The van der Waals surface area contributed by atoms with Gasteiger partial charge in [-0.2, -0.15) is 0 Å². The van der Waals surface area contributed by atoms with E-state index < -0.39 is 0 Å². The molecule has 8 heteroatoms. The molecule has 1 aromatic heterocycles. The number of imidazole rings is 1. The fourth-order valence-corrected chi connectivity index (χ4v) is 4.05. The summed E-state index contributed by atoms with van der Waals surface area (Å²) in [5.74, 6) is 0.977. The van der Waals surface area contributed by atoms with Crippen molar-refractivity contribution in [1.29, 1.82) is 0 Å². The number of nitrogens with zero attached hydrogens (tertiary/aromatic N) is 2. The summed E-state index contributed by atoms with van der Waals surface area (Å²) in [5.41, 5.74) is 1.84. The van der Waals surface area contributed by atoms with Gasteiger partial charge in [-0.05, 0) is 56.0 Å². The van der Waals surface area contributed by atoms with E-state index in [9.17, 15) is 9.18 Å². The van der Waals surface area contributed by atoms with Crippen molar-refractivity contribution in [3.63, 3.8) is 0 Å². The molecule has 1 aliphatic heterocycles. The fraction of sp³-hybridized carbons (Fsp3) is 0.556. The fourth-order valence-electron chi connectivity index (χ4n) is 4.05. The molecule has 1 aromatic carbocycles. The van der Waals surface area contributed by atoms with Gasteiger partial charge in [0.25, 0.3) is 0 Å². The summed E-state index contributed by atoms with van der Waals surface area (Å²) < 4.78 is 15.2. The predicted molar refractivity (Wildman–Crippen MR) is 105 cm³/mol. The molecular formula is C18H25Cl2FN4O. The van der Waals surface area contributed by atoms with Gasteiger partial charge in [0.2, 0.25) is 5.91 Å². The standard InChI is InChI=1S/C18H23FN4O.2ClH/c1-23-15-10-12(19)2-3-14(15)22-16(23)4-7-21-17(24)13-11-18(13)5-8-20-9-6-18;;/h2-3,10,13,20H,4-9,11H2,1H3,(H,21,24);2*1H. The van der Waals surface area contributed by atoms with E-state index in [0.717, 1.165) is 49.2 Å². The van der Waals surface area contributed by atoms with Crippen molar-refractivity contribution < 1.29 is 9.18 Å². The van der Waals surface area contributed by atoms with E-state index in [2.05, 4.69) is 15.6 Å².